The Morgan fingerprint density at radius 1 is 0.750 bits per heavy atom. The molecule has 4 heteroatoms. The van der Waals surface area contributed by atoms with Crippen molar-refractivity contribution in [2.75, 3.05) is 7.05 Å². The summed E-state index contributed by atoms with van der Waals surface area (Å²) in [6.07, 6.45) is 10.3. The van der Waals surface area contributed by atoms with Crippen LogP contribution < -0.4 is 0 Å². The lowest BCUT2D eigenvalue weighted by Crippen LogP contribution is -1.99. The van der Waals surface area contributed by atoms with E-state index in [1.165, 1.54) is 11.3 Å². The summed E-state index contributed by atoms with van der Waals surface area (Å²) in [5, 5.41) is 1.40. The summed E-state index contributed by atoms with van der Waals surface area (Å²) in [4.78, 5) is 0. The first-order valence-electron chi connectivity index (χ1n) is 10.3. The van der Waals surface area contributed by atoms with E-state index in [4.69, 9.17) is 27.9 Å². The highest BCUT2D eigenvalue weighted by atomic mass is 35.5. The maximum absolute atomic E-state index is 6.27. The molecule has 0 fully saturated rings. The van der Waals surface area contributed by atoms with Gasteiger partial charge in [-0.15, -0.1) is 0 Å². The lowest BCUT2D eigenvalue weighted by molar-refractivity contribution is -0.395. The largest absolute Gasteiger partial charge is 0.457 e. The zero-order valence-corrected chi connectivity index (χ0v) is 18.9. The first kappa shape index (κ1) is 20.6. The van der Waals surface area contributed by atoms with E-state index < -0.39 is 0 Å². The maximum Gasteiger partial charge on any atom is 0.213 e. The number of nitrogens with zero attached hydrogens (tertiary/aromatic N) is 1. The summed E-state index contributed by atoms with van der Waals surface area (Å²) >= 11 is 12.2. The third kappa shape index (κ3) is 4.20. The first-order valence-corrected chi connectivity index (χ1v) is 11.0. The molecule has 0 aromatic heterocycles. The van der Waals surface area contributed by atoms with Gasteiger partial charge in [0.05, 0.1) is 11.1 Å². The third-order valence-electron chi connectivity index (χ3n) is 5.47. The van der Waals surface area contributed by atoms with E-state index in [0.717, 1.165) is 33.8 Å². The Kier molecular flexibility index (Phi) is 5.57. The van der Waals surface area contributed by atoms with Crippen molar-refractivity contribution in [1.29, 1.82) is 0 Å². The van der Waals surface area contributed by atoms with Gasteiger partial charge in [0.1, 0.15) is 18.6 Å². The number of ether oxygens (including phenoxy) is 1. The molecule has 0 unspecified atom stereocenters. The highest BCUT2D eigenvalue weighted by Crippen LogP contribution is 2.34. The molecular formula is C28H20Cl2NO+. The van der Waals surface area contributed by atoms with Gasteiger partial charge in [-0.25, -0.2) is 4.58 Å². The molecule has 0 saturated carbocycles. The number of benzene rings is 3. The SMILES string of the molecule is C[N+]1=C/C(=C\C=C2/C=C(c3ccc(Cl)cc3)C=C(c3ccc(Cl)cc3)O2)c2ccccc21. The fourth-order valence-electron chi connectivity index (χ4n) is 3.85. The molecule has 0 spiro atoms. The van der Waals surface area contributed by atoms with Crippen LogP contribution >= 0.6 is 23.2 Å². The molecule has 0 aliphatic carbocycles. The molecule has 2 heterocycles. The Bertz CT molecular complexity index is 1340. The molecule has 3 aromatic carbocycles. The number of fused-ring (bicyclic) bond motifs is 1. The van der Waals surface area contributed by atoms with E-state index in [1.807, 2.05) is 66.8 Å². The van der Waals surface area contributed by atoms with Gasteiger partial charge in [-0.05, 0) is 77.9 Å². The summed E-state index contributed by atoms with van der Waals surface area (Å²) in [5.41, 5.74) is 6.63. The molecule has 2 nitrogen and oxygen atoms in total. The normalized spacial score (nSPS) is 17.5. The van der Waals surface area contributed by atoms with Crippen LogP contribution in [0.3, 0.4) is 0 Å². The van der Waals surface area contributed by atoms with E-state index in [2.05, 4.69) is 48.2 Å². The van der Waals surface area contributed by atoms with Gasteiger partial charge in [0.2, 0.25) is 5.69 Å². The van der Waals surface area contributed by atoms with Crippen LogP contribution in [0.5, 0.6) is 0 Å². The molecule has 5 rings (SSSR count). The Labute approximate surface area is 197 Å². The van der Waals surface area contributed by atoms with Gasteiger partial charge in [0, 0.05) is 21.7 Å². The quantitative estimate of drug-likeness (QED) is 0.366. The molecular weight excluding hydrogens is 437 g/mol. The Balaban J connectivity index is 1.55. The number of hydrogen-bond acceptors (Lipinski definition) is 1. The second-order valence-electron chi connectivity index (χ2n) is 7.67. The molecule has 156 valence electrons. The topological polar surface area (TPSA) is 12.2 Å². The number of hydrogen-bond donors (Lipinski definition) is 0. The molecule has 0 saturated heterocycles. The van der Waals surface area contributed by atoms with Crippen molar-refractivity contribution in [1.82, 2.24) is 0 Å². The van der Waals surface area contributed by atoms with Crippen molar-refractivity contribution in [3.63, 3.8) is 0 Å². The van der Waals surface area contributed by atoms with Crippen molar-refractivity contribution in [2.45, 2.75) is 0 Å². The van der Waals surface area contributed by atoms with Gasteiger partial charge in [0.25, 0.3) is 0 Å². The fourth-order valence-corrected chi connectivity index (χ4v) is 4.10. The lowest BCUT2D eigenvalue weighted by Gasteiger charge is -2.18. The standard InChI is InChI=1S/C28H20Cl2NO/c1-31-18-21(26-4-2-3-5-27(26)31)10-15-25-16-22(19-6-11-23(29)12-7-19)17-28(32-25)20-8-13-24(30)14-9-20/h2-18H,1H3/q+1/b21-10+,25-15+. The molecule has 0 amide bonds. The van der Waals surface area contributed by atoms with Crippen molar-refractivity contribution in [3.8, 4) is 0 Å². The monoisotopic (exact) mass is 456 g/mol. The minimum absolute atomic E-state index is 0.693. The van der Waals surface area contributed by atoms with Gasteiger partial charge < -0.3 is 4.74 Å². The van der Waals surface area contributed by atoms with Crippen LogP contribution in [-0.4, -0.2) is 17.8 Å². The van der Waals surface area contributed by atoms with E-state index in [1.54, 1.807) is 0 Å². The smallest absolute Gasteiger partial charge is 0.213 e. The van der Waals surface area contributed by atoms with Crippen LogP contribution in [0.25, 0.3) is 16.9 Å². The maximum atomic E-state index is 6.27. The summed E-state index contributed by atoms with van der Waals surface area (Å²) < 4.78 is 8.40. The van der Waals surface area contributed by atoms with E-state index >= 15 is 0 Å². The molecule has 3 aromatic rings. The summed E-state index contributed by atoms with van der Waals surface area (Å²) in [6, 6.07) is 23.9. The van der Waals surface area contributed by atoms with Crippen LogP contribution in [0.15, 0.2) is 103 Å². The molecule has 2 aliphatic rings. The minimum Gasteiger partial charge on any atom is -0.457 e. The summed E-state index contributed by atoms with van der Waals surface area (Å²) in [6.45, 7) is 0. The Morgan fingerprint density at radius 2 is 1.41 bits per heavy atom. The summed E-state index contributed by atoms with van der Waals surface area (Å²) in [7, 11) is 2.06. The van der Waals surface area contributed by atoms with Gasteiger partial charge in [-0.1, -0.05) is 47.5 Å². The van der Waals surface area contributed by atoms with E-state index in [9.17, 15) is 0 Å². The van der Waals surface area contributed by atoms with E-state index in [0.29, 0.717) is 10.0 Å². The van der Waals surface area contributed by atoms with Crippen molar-refractivity contribution < 1.29 is 9.31 Å². The van der Waals surface area contributed by atoms with Gasteiger partial charge in [0.15, 0.2) is 6.21 Å². The third-order valence-corrected chi connectivity index (χ3v) is 5.98. The average molecular weight is 457 g/mol. The number of rotatable bonds is 3. The molecule has 0 atom stereocenters. The van der Waals surface area contributed by atoms with Crippen LogP contribution in [0, 0.1) is 0 Å². The second-order valence-corrected chi connectivity index (χ2v) is 8.55. The number of para-hydroxylation sites is 1. The lowest BCUT2D eigenvalue weighted by atomic mass is 10.00. The van der Waals surface area contributed by atoms with Crippen molar-refractivity contribution in [2.24, 2.45) is 0 Å². The zero-order chi connectivity index (χ0) is 22.1. The van der Waals surface area contributed by atoms with Gasteiger partial charge in [-0.2, -0.15) is 0 Å². The van der Waals surface area contributed by atoms with Crippen LogP contribution in [0.2, 0.25) is 10.0 Å². The molecule has 0 N–H and O–H groups in total. The molecule has 2 aliphatic heterocycles. The number of allylic oxidation sites excluding steroid dienone is 6. The minimum atomic E-state index is 0.693. The zero-order valence-electron chi connectivity index (χ0n) is 17.4. The molecule has 0 bridgehead atoms. The van der Waals surface area contributed by atoms with Gasteiger partial charge >= 0.3 is 0 Å². The van der Waals surface area contributed by atoms with E-state index in [-0.39, 0.29) is 0 Å². The fraction of sp³-hybridized carbons (Fsp3) is 0.0357. The molecule has 0 radical (unpaired) electrons. The first-order chi connectivity index (χ1) is 15.6. The van der Waals surface area contributed by atoms with Gasteiger partial charge in [-0.3, -0.25) is 0 Å². The summed E-state index contributed by atoms with van der Waals surface area (Å²) in [5.74, 6) is 1.53. The highest BCUT2D eigenvalue weighted by Gasteiger charge is 2.22. The Hall–Kier alpha value is -3.33. The predicted molar refractivity (Wildman–Crippen MR) is 134 cm³/mol. The van der Waals surface area contributed by atoms with Crippen LogP contribution in [-0.2, 0) is 4.74 Å². The van der Waals surface area contributed by atoms with Crippen molar-refractivity contribution in [3.05, 3.63) is 130 Å². The van der Waals surface area contributed by atoms with Crippen LogP contribution in [0.4, 0.5) is 5.69 Å². The number of halogens is 2. The molecule has 32 heavy (non-hydrogen) atoms. The second kappa shape index (κ2) is 8.66. The van der Waals surface area contributed by atoms with Crippen LogP contribution in [0.1, 0.15) is 16.7 Å². The van der Waals surface area contributed by atoms with Crippen molar-refractivity contribution >= 4 is 52.0 Å². The Morgan fingerprint density at radius 3 is 2.12 bits per heavy atom. The predicted octanol–water partition coefficient (Wildman–Crippen LogP) is 7.77. The average Bonchev–Trinajstić information content (AvgIpc) is 3.14. The highest BCUT2D eigenvalue weighted by molar-refractivity contribution is 6.30.